The number of nitrogens with one attached hydrogen (secondary N) is 1. The Morgan fingerprint density at radius 3 is 3.00 bits per heavy atom. The summed E-state index contributed by atoms with van der Waals surface area (Å²) < 4.78 is 12.9. The van der Waals surface area contributed by atoms with Gasteiger partial charge in [-0.15, -0.1) is 11.3 Å². The van der Waals surface area contributed by atoms with Crippen molar-refractivity contribution in [3.05, 3.63) is 57.8 Å². The van der Waals surface area contributed by atoms with Gasteiger partial charge in [-0.1, -0.05) is 6.07 Å². The van der Waals surface area contributed by atoms with Gasteiger partial charge in [-0.3, -0.25) is 9.59 Å². The molecule has 1 amide bonds. The average Bonchev–Trinajstić information content (AvgIpc) is 3.24. The summed E-state index contributed by atoms with van der Waals surface area (Å²) in [6.07, 6.45) is 1.65. The second kappa shape index (κ2) is 6.01. The Morgan fingerprint density at radius 1 is 1.21 bits per heavy atom. The van der Waals surface area contributed by atoms with Gasteiger partial charge in [-0.2, -0.15) is 0 Å². The molecule has 3 aromatic rings. The van der Waals surface area contributed by atoms with E-state index in [2.05, 4.69) is 5.32 Å². The monoisotopic (exact) mass is 342 g/mol. The maximum Gasteiger partial charge on any atom is 0.259 e. The number of aromatic nitrogens is 1. The third kappa shape index (κ3) is 2.74. The Hall–Kier alpha value is -2.80. The fraction of sp³-hybridized carbons (Fsp3) is 0.176. The number of fused-ring (bicyclic) bond motifs is 2. The quantitative estimate of drug-likeness (QED) is 0.788. The molecule has 24 heavy (non-hydrogen) atoms. The number of hydrogen-bond acceptors (Lipinski definition) is 5. The number of carbonyl (C=O) groups is 1. The maximum absolute atomic E-state index is 12.3. The van der Waals surface area contributed by atoms with E-state index in [0.29, 0.717) is 23.4 Å². The summed E-state index contributed by atoms with van der Waals surface area (Å²) in [6, 6.07) is 9.16. The van der Waals surface area contributed by atoms with Crippen molar-refractivity contribution in [1.29, 1.82) is 0 Å². The van der Waals surface area contributed by atoms with E-state index in [1.807, 2.05) is 29.6 Å². The number of ether oxygens (including phenoxy) is 2. The molecule has 3 heterocycles. The van der Waals surface area contributed by atoms with Gasteiger partial charge in [-0.25, -0.2) is 0 Å². The zero-order valence-electron chi connectivity index (χ0n) is 12.7. The number of hydrogen-bond donors (Lipinski definition) is 1. The molecule has 0 unspecified atom stereocenters. The summed E-state index contributed by atoms with van der Waals surface area (Å²) in [5.74, 6) is 1.17. The van der Waals surface area contributed by atoms with Crippen LogP contribution < -0.4 is 20.3 Å². The molecule has 0 saturated heterocycles. The molecule has 1 aliphatic rings. The van der Waals surface area contributed by atoms with E-state index >= 15 is 0 Å². The Morgan fingerprint density at radius 2 is 2.08 bits per heavy atom. The zero-order chi connectivity index (χ0) is 16.5. The minimum absolute atomic E-state index is 0.00479. The van der Waals surface area contributed by atoms with Crippen LogP contribution in [0.25, 0.3) is 10.1 Å². The molecule has 1 aromatic carbocycles. The maximum atomic E-state index is 12.3. The van der Waals surface area contributed by atoms with Crippen molar-refractivity contribution in [2.24, 2.45) is 0 Å². The van der Waals surface area contributed by atoms with Gasteiger partial charge in [0.15, 0.2) is 11.5 Å². The topological polar surface area (TPSA) is 69.6 Å². The molecule has 2 aromatic heterocycles. The molecule has 0 spiro atoms. The van der Waals surface area contributed by atoms with Gasteiger partial charge in [0, 0.05) is 17.4 Å². The summed E-state index contributed by atoms with van der Waals surface area (Å²) >= 11 is 1.51. The molecule has 6 nitrogen and oxygen atoms in total. The van der Waals surface area contributed by atoms with Crippen LogP contribution in [0.2, 0.25) is 0 Å². The normalized spacial score (nSPS) is 12.5. The van der Waals surface area contributed by atoms with Gasteiger partial charge < -0.3 is 19.4 Å². The molecular weight excluding hydrogens is 328 g/mol. The van der Waals surface area contributed by atoms with E-state index in [0.717, 1.165) is 10.3 Å². The zero-order valence-corrected chi connectivity index (χ0v) is 13.5. The van der Waals surface area contributed by atoms with Crippen molar-refractivity contribution in [3.63, 3.8) is 0 Å². The van der Waals surface area contributed by atoms with Crippen LogP contribution in [0.15, 0.2) is 46.7 Å². The lowest BCUT2D eigenvalue weighted by atomic mass is 10.2. The highest BCUT2D eigenvalue weighted by atomic mass is 32.1. The van der Waals surface area contributed by atoms with E-state index in [1.165, 1.54) is 15.9 Å². The largest absolute Gasteiger partial charge is 0.454 e. The highest BCUT2D eigenvalue weighted by Crippen LogP contribution is 2.32. The van der Waals surface area contributed by atoms with E-state index in [1.54, 1.807) is 12.3 Å². The lowest BCUT2D eigenvalue weighted by molar-refractivity contribution is -0.121. The molecule has 0 bridgehead atoms. The van der Waals surface area contributed by atoms with Crippen LogP contribution in [-0.4, -0.2) is 17.3 Å². The van der Waals surface area contributed by atoms with Crippen LogP contribution in [0, 0.1) is 0 Å². The number of thiophene rings is 1. The Labute approximate surface area is 141 Å². The molecule has 7 heteroatoms. The SMILES string of the molecule is O=C(Cn1ccc2sccc2c1=O)NCc1ccc2c(c1)OCO2. The second-order valence-corrected chi connectivity index (χ2v) is 6.36. The number of pyridine rings is 1. The number of amides is 1. The minimum Gasteiger partial charge on any atom is -0.454 e. The molecule has 0 fully saturated rings. The van der Waals surface area contributed by atoms with Crippen molar-refractivity contribution >= 4 is 27.3 Å². The van der Waals surface area contributed by atoms with E-state index < -0.39 is 0 Å². The van der Waals surface area contributed by atoms with Gasteiger partial charge in [-0.05, 0) is 35.2 Å². The summed E-state index contributed by atoms with van der Waals surface area (Å²) in [5, 5.41) is 5.33. The lowest BCUT2D eigenvalue weighted by Crippen LogP contribution is -2.31. The van der Waals surface area contributed by atoms with Crippen molar-refractivity contribution < 1.29 is 14.3 Å². The van der Waals surface area contributed by atoms with E-state index in [-0.39, 0.29) is 24.8 Å². The van der Waals surface area contributed by atoms with Crippen LogP contribution in [0.4, 0.5) is 0 Å². The summed E-state index contributed by atoms with van der Waals surface area (Å²) in [7, 11) is 0. The summed E-state index contributed by atoms with van der Waals surface area (Å²) in [4.78, 5) is 24.4. The molecule has 0 radical (unpaired) electrons. The van der Waals surface area contributed by atoms with Crippen LogP contribution in [0.3, 0.4) is 0 Å². The third-order valence-electron chi connectivity index (χ3n) is 3.83. The standard InChI is InChI=1S/C17H14N2O4S/c20-16(9-19-5-3-15-12(17(19)21)4-6-24-15)18-8-11-1-2-13-14(7-11)23-10-22-13/h1-7H,8-10H2,(H,18,20). The predicted octanol–water partition coefficient (Wildman–Crippen LogP) is 2.11. The number of nitrogens with zero attached hydrogens (tertiary/aromatic N) is 1. The molecule has 0 saturated carbocycles. The van der Waals surface area contributed by atoms with Gasteiger partial charge >= 0.3 is 0 Å². The fourth-order valence-corrected chi connectivity index (χ4v) is 3.37. The van der Waals surface area contributed by atoms with Crippen molar-refractivity contribution in [3.8, 4) is 11.5 Å². The van der Waals surface area contributed by atoms with E-state index in [4.69, 9.17) is 9.47 Å². The van der Waals surface area contributed by atoms with Gasteiger partial charge in [0.2, 0.25) is 12.7 Å². The Kier molecular flexibility index (Phi) is 3.70. The molecule has 122 valence electrons. The molecule has 1 aliphatic heterocycles. The molecule has 1 N–H and O–H groups in total. The van der Waals surface area contributed by atoms with Crippen LogP contribution in [0.5, 0.6) is 11.5 Å². The van der Waals surface area contributed by atoms with Crippen LogP contribution in [-0.2, 0) is 17.9 Å². The third-order valence-corrected chi connectivity index (χ3v) is 4.72. The first kappa shape index (κ1) is 14.8. The van der Waals surface area contributed by atoms with Crippen molar-refractivity contribution in [2.75, 3.05) is 6.79 Å². The van der Waals surface area contributed by atoms with Crippen molar-refractivity contribution in [1.82, 2.24) is 9.88 Å². The van der Waals surface area contributed by atoms with Gasteiger partial charge in [0.1, 0.15) is 6.54 Å². The first-order valence-electron chi connectivity index (χ1n) is 7.42. The average molecular weight is 342 g/mol. The molecule has 0 aliphatic carbocycles. The highest BCUT2D eigenvalue weighted by molar-refractivity contribution is 7.17. The predicted molar refractivity (Wildman–Crippen MR) is 90.5 cm³/mol. The molecule has 4 rings (SSSR count). The van der Waals surface area contributed by atoms with Gasteiger partial charge in [0.25, 0.3) is 5.56 Å². The summed E-state index contributed by atoms with van der Waals surface area (Å²) in [5.41, 5.74) is 0.764. The smallest absolute Gasteiger partial charge is 0.259 e. The van der Waals surface area contributed by atoms with Crippen LogP contribution in [0.1, 0.15) is 5.56 Å². The molecular formula is C17H14N2O4S. The Balaban J connectivity index is 1.43. The number of carbonyl (C=O) groups excluding carboxylic acids is 1. The summed E-state index contributed by atoms with van der Waals surface area (Å²) in [6.45, 7) is 0.583. The first-order chi connectivity index (χ1) is 11.7. The second-order valence-electron chi connectivity index (χ2n) is 5.41. The van der Waals surface area contributed by atoms with Gasteiger partial charge in [0.05, 0.1) is 5.39 Å². The minimum atomic E-state index is -0.218. The highest BCUT2D eigenvalue weighted by Gasteiger charge is 2.13. The first-order valence-corrected chi connectivity index (χ1v) is 8.30. The van der Waals surface area contributed by atoms with Crippen molar-refractivity contribution in [2.45, 2.75) is 13.1 Å². The number of rotatable bonds is 4. The van der Waals surface area contributed by atoms with E-state index in [9.17, 15) is 9.59 Å². The molecule has 0 atom stereocenters. The number of benzene rings is 1. The Bertz CT molecular complexity index is 976. The lowest BCUT2D eigenvalue weighted by Gasteiger charge is -2.08. The fourth-order valence-electron chi connectivity index (χ4n) is 2.59. The van der Waals surface area contributed by atoms with Crippen LogP contribution >= 0.6 is 11.3 Å².